The number of alkyl halides is 3. The first kappa shape index (κ1) is 13.9. The Kier molecular flexibility index (Phi) is 3.35. The molecule has 0 aliphatic heterocycles. The number of aromatic nitrogens is 1. The zero-order valence-electron chi connectivity index (χ0n) is 10.1. The van der Waals surface area contributed by atoms with Gasteiger partial charge in [-0.3, -0.25) is 9.78 Å². The van der Waals surface area contributed by atoms with Crippen LogP contribution in [0.4, 0.5) is 18.9 Å². The number of amides is 1. The van der Waals surface area contributed by atoms with Gasteiger partial charge in [-0.2, -0.15) is 13.2 Å². The van der Waals surface area contributed by atoms with Gasteiger partial charge < -0.3 is 11.5 Å². The Bertz CT molecular complexity index is 668. The van der Waals surface area contributed by atoms with E-state index in [4.69, 9.17) is 11.5 Å². The molecule has 20 heavy (non-hydrogen) atoms. The minimum absolute atomic E-state index is 0.0630. The van der Waals surface area contributed by atoms with Crippen LogP contribution in [-0.2, 0) is 6.18 Å². The molecule has 1 aromatic carbocycles. The van der Waals surface area contributed by atoms with Crippen molar-refractivity contribution in [2.75, 3.05) is 5.73 Å². The first-order valence-corrected chi connectivity index (χ1v) is 5.53. The fourth-order valence-corrected chi connectivity index (χ4v) is 1.84. The number of hydrogen-bond donors (Lipinski definition) is 2. The Labute approximate surface area is 112 Å². The number of nitrogen functional groups attached to an aromatic ring is 1. The van der Waals surface area contributed by atoms with E-state index in [1.807, 2.05) is 0 Å². The molecule has 4 nitrogen and oxygen atoms in total. The van der Waals surface area contributed by atoms with Gasteiger partial charge in [-0.05, 0) is 12.1 Å². The molecule has 1 amide bonds. The molecule has 0 unspecified atom stereocenters. The summed E-state index contributed by atoms with van der Waals surface area (Å²) in [6, 6.07) is 6.13. The smallest absolute Gasteiger partial charge is 0.396 e. The summed E-state index contributed by atoms with van der Waals surface area (Å²) in [6.07, 6.45) is -3.35. The summed E-state index contributed by atoms with van der Waals surface area (Å²) in [5.41, 5.74) is 9.40. The minimum Gasteiger partial charge on any atom is -0.396 e. The molecule has 0 saturated carbocycles. The predicted molar refractivity (Wildman–Crippen MR) is 67.6 cm³/mol. The van der Waals surface area contributed by atoms with Gasteiger partial charge >= 0.3 is 6.18 Å². The van der Waals surface area contributed by atoms with Gasteiger partial charge in [0.2, 0.25) is 0 Å². The molecule has 2 rings (SSSR count). The Morgan fingerprint density at radius 2 is 1.80 bits per heavy atom. The summed E-state index contributed by atoms with van der Waals surface area (Å²) < 4.78 is 38.9. The number of anilines is 1. The molecule has 0 aliphatic rings. The number of primary amides is 1. The number of carbonyl (C=O) groups excluding carboxylic acids is 1. The van der Waals surface area contributed by atoms with E-state index in [0.717, 1.165) is 6.07 Å². The topological polar surface area (TPSA) is 82.0 Å². The molecule has 1 aromatic heterocycles. The molecule has 4 N–H and O–H groups in total. The van der Waals surface area contributed by atoms with Crippen LogP contribution in [0.2, 0.25) is 0 Å². The van der Waals surface area contributed by atoms with Crippen LogP contribution in [0, 0.1) is 0 Å². The Balaban J connectivity index is 2.70. The lowest BCUT2D eigenvalue weighted by Gasteiger charge is -2.14. The number of nitrogens with two attached hydrogens (primary N) is 2. The molecule has 0 spiro atoms. The van der Waals surface area contributed by atoms with Crippen LogP contribution in [0.3, 0.4) is 0 Å². The number of halogens is 3. The van der Waals surface area contributed by atoms with Crippen LogP contribution in [0.1, 0.15) is 15.9 Å². The summed E-state index contributed by atoms with van der Waals surface area (Å²) >= 11 is 0. The number of hydrogen-bond acceptors (Lipinski definition) is 3. The summed E-state index contributed by atoms with van der Waals surface area (Å²) in [7, 11) is 0. The molecule has 0 radical (unpaired) electrons. The molecule has 2 aromatic rings. The maximum Gasteiger partial charge on any atom is 0.417 e. The molecule has 0 saturated heterocycles. The third kappa shape index (κ3) is 2.42. The first-order valence-electron chi connectivity index (χ1n) is 5.53. The van der Waals surface area contributed by atoms with Crippen LogP contribution in [0.25, 0.3) is 11.3 Å². The highest BCUT2D eigenvalue weighted by atomic mass is 19.4. The molecule has 104 valence electrons. The van der Waals surface area contributed by atoms with E-state index in [1.54, 1.807) is 0 Å². The van der Waals surface area contributed by atoms with Crippen molar-refractivity contribution in [1.29, 1.82) is 0 Å². The average molecular weight is 281 g/mol. The van der Waals surface area contributed by atoms with Gasteiger partial charge in [0.25, 0.3) is 5.91 Å². The second-order valence-corrected chi connectivity index (χ2v) is 4.03. The van der Waals surface area contributed by atoms with Crippen LogP contribution in [0.15, 0.2) is 36.5 Å². The highest BCUT2D eigenvalue weighted by molar-refractivity contribution is 6.00. The molecule has 7 heteroatoms. The average Bonchev–Trinajstić information content (AvgIpc) is 2.37. The second-order valence-electron chi connectivity index (χ2n) is 4.03. The lowest BCUT2D eigenvalue weighted by molar-refractivity contribution is -0.137. The monoisotopic (exact) mass is 281 g/mol. The van der Waals surface area contributed by atoms with Crippen LogP contribution in [0.5, 0.6) is 0 Å². The third-order valence-electron chi connectivity index (χ3n) is 2.74. The van der Waals surface area contributed by atoms with Gasteiger partial charge in [-0.1, -0.05) is 18.2 Å². The largest absolute Gasteiger partial charge is 0.417 e. The zero-order chi connectivity index (χ0) is 14.9. The number of carbonyl (C=O) groups is 1. The predicted octanol–water partition coefficient (Wildman–Crippen LogP) is 2.45. The summed E-state index contributed by atoms with van der Waals surface area (Å²) in [6.45, 7) is 0. The van der Waals surface area contributed by atoms with Gasteiger partial charge in [-0.15, -0.1) is 0 Å². The fourth-order valence-electron chi connectivity index (χ4n) is 1.84. The Hall–Kier alpha value is -2.57. The van der Waals surface area contributed by atoms with Crippen molar-refractivity contribution in [3.63, 3.8) is 0 Å². The lowest BCUT2D eigenvalue weighted by atomic mass is 10.0. The van der Waals surface area contributed by atoms with Crippen molar-refractivity contribution < 1.29 is 18.0 Å². The van der Waals surface area contributed by atoms with Crippen molar-refractivity contribution in [2.24, 2.45) is 5.73 Å². The normalized spacial score (nSPS) is 11.3. The number of nitrogens with zero attached hydrogens (tertiary/aromatic N) is 1. The van der Waals surface area contributed by atoms with E-state index in [9.17, 15) is 18.0 Å². The van der Waals surface area contributed by atoms with E-state index < -0.39 is 17.6 Å². The maximum absolute atomic E-state index is 13.0. The highest BCUT2D eigenvalue weighted by Gasteiger charge is 2.34. The van der Waals surface area contributed by atoms with Gasteiger partial charge in [0.05, 0.1) is 22.5 Å². The van der Waals surface area contributed by atoms with Gasteiger partial charge in [0.1, 0.15) is 0 Å². The van der Waals surface area contributed by atoms with E-state index >= 15 is 0 Å². The molecule has 0 atom stereocenters. The van der Waals surface area contributed by atoms with Crippen LogP contribution < -0.4 is 11.5 Å². The van der Waals surface area contributed by atoms with Gasteiger partial charge in [0.15, 0.2) is 0 Å². The number of pyridine rings is 1. The van der Waals surface area contributed by atoms with Crippen LogP contribution >= 0.6 is 0 Å². The van der Waals surface area contributed by atoms with E-state index in [1.165, 1.54) is 30.5 Å². The number of benzene rings is 1. The zero-order valence-corrected chi connectivity index (χ0v) is 10.1. The molecule has 1 heterocycles. The van der Waals surface area contributed by atoms with E-state index in [0.29, 0.717) is 0 Å². The van der Waals surface area contributed by atoms with Gasteiger partial charge in [-0.25, -0.2) is 0 Å². The highest BCUT2D eigenvalue weighted by Crippen LogP contribution is 2.38. The van der Waals surface area contributed by atoms with Crippen molar-refractivity contribution in [3.8, 4) is 11.3 Å². The Morgan fingerprint density at radius 3 is 2.40 bits per heavy atom. The molecular formula is C13H10F3N3O. The standard InChI is InChI=1S/C13H10F3N3O/c14-13(15,16)9-4-2-1-3-7(9)11-10(17)8(12(18)20)5-6-19-11/h1-6H,17H2,(H2,18,20). The fraction of sp³-hybridized carbons (Fsp3) is 0.0769. The first-order chi connectivity index (χ1) is 9.32. The van der Waals surface area contributed by atoms with Crippen molar-refractivity contribution in [1.82, 2.24) is 4.98 Å². The molecule has 0 aliphatic carbocycles. The van der Waals surface area contributed by atoms with Gasteiger partial charge in [0, 0.05) is 11.8 Å². The number of rotatable bonds is 2. The summed E-state index contributed by atoms with van der Waals surface area (Å²) in [4.78, 5) is 15.0. The summed E-state index contributed by atoms with van der Waals surface area (Å²) in [5, 5.41) is 0. The molecular weight excluding hydrogens is 271 g/mol. The minimum atomic E-state index is -4.55. The molecule has 0 bridgehead atoms. The molecule has 0 fully saturated rings. The maximum atomic E-state index is 13.0. The third-order valence-corrected chi connectivity index (χ3v) is 2.74. The van der Waals surface area contributed by atoms with E-state index in [2.05, 4.69) is 4.98 Å². The summed E-state index contributed by atoms with van der Waals surface area (Å²) in [5.74, 6) is -0.823. The van der Waals surface area contributed by atoms with Crippen molar-refractivity contribution in [3.05, 3.63) is 47.7 Å². The van der Waals surface area contributed by atoms with Crippen molar-refractivity contribution >= 4 is 11.6 Å². The Morgan fingerprint density at radius 1 is 1.15 bits per heavy atom. The lowest BCUT2D eigenvalue weighted by Crippen LogP contribution is -2.15. The second kappa shape index (κ2) is 4.84. The van der Waals surface area contributed by atoms with E-state index in [-0.39, 0.29) is 22.5 Å². The SMILES string of the molecule is NC(=O)c1ccnc(-c2ccccc2C(F)(F)F)c1N. The van der Waals surface area contributed by atoms with Crippen LogP contribution in [-0.4, -0.2) is 10.9 Å². The van der Waals surface area contributed by atoms with Crippen molar-refractivity contribution in [2.45, 2.75) is 6.18 Å². The quantitative estimate of drug-likeness (QED) is 0.887.